The molecule has 0 radical (unpaired) electrons. The maximum Gasteiger partial charge on any atom is 0.253 e. The third-order valence-electron chi connectivity index (χ3n) is 2.85. The Morgan fingerprint density at radius 3 is 2.86 bits per heavy atom. The van der Waals surface area contributed by atoms with Gasteiger partial charge in [0, 0.05) is 16.8 Å². The van der Waals surface area contributed by atoms with Crippen molar-refractivity contribution in [2.45, 2.75) is 24.3 Å². The number of nitrogens with one attached hydrogen (secondary N) is 2. The van der Waals surface area contributed by atoms with Gasteiger partial charge >= 0.3 is 0 Å². The van der Waals surface area contributed by atoms with Crippen LogP contribution in [-0.2, 0) is 4.79 Å². The summed E-state index contributed by atoms with van der Waals surface area (Å²) >= 11 is 7.04. The summed E-state index contributed by atoms with van der Waals surface area (Å²) in [5.41, 5.74) is 6.72. The zero-order valence-corrected chi connectivity index (χ0v) is 13.6. The lowest BCUT2D eigenvalue weighted by Crippen LogP contribution is -2.23. The smallest absolute Gasteiger partial charge is 0.253 e. The van der Waals surface area contributed by atoms with Crippen molar-refractivity contribution in [2.75, 3.05) is 11.1 Å². The molecule has 0 saturated heterocycles. The van der Waals surface area contributed by atoms with Crippen LogP contribution in [0.15, 0.2) is 34.2 Å². The van der Waals surface area contributed by atoms with E-state index in [0.29, 0.717) is 15.9 Å². The molecule has 1 unspecified atom stereocenters. The molecule has 1 heterocycles. The van der Waals surface area contributed by atoms with Crippen LogP contribution in [0.4, 0.5) is 11.5 Å². The summed E-state index contributed by atoms with van der Waals surface area (Å²) in [7, 11) is 0. The first-order valence-corrected chi connectivity index (χ1v) is 7.71. The molecule has 116 valence electrons. The van der Waals surface area contributed by atoms with E-state index in [4.69, 9.17) is 17.3 Å². The van der Waals surface area contributed by atoms with Crippen LogP contribution < -0.4 is 16.6 Å². The molecule has 6 nitrogen and oxygen atoms in total. The third-order valence-corrected chi connectivity index (χ3v) is 4.07. The van der Waals surface area contributed by atoms with Gasteiger partial charge in [-0.05, 0) is 31.5 Å². The number of halogens is 1. The first-order valence-electron chi connectivity index (χ1n) is 6.45. The molecule has 0 fully saturated rings. The molecule has 1 amide bonds. The molecule has 22 heavy (non-hydrogen) atoms. The minimum Gasteiger partial charge on any atom is -0.383 e. The van der Waals surface area contributed by atoms with Crippen LogP contribution in [0.5, 0.6) is 0 Å². The van der Waals surface area contributed by atoms with Gasteiger partial charge in [-0.25, -0.2) is 4.98 Å². The van der Waals surface area contributed by atoms with Crippen molar-refractivity contribution >= 4 is 40.8 Å². The number of aromatic amines is 1. The van der Waals surface area contributed by atoms with E-state index in [2.05, 4.69) is 15.3 Å². The van der Waals surface area contributed by atoms with E-state index in [1.54, 1.807) is 19.1 Å². The highest BCUT2D eigenvalue weighted by atomic mass is 35.5. The van der Waals surface area contributed by atoms with E-state index in [1.807, 2.05) is 13.0 Å². The van der Waals surface area contributed by atoms with Gasteiger partial charge in [0.1, 0.15) is 5.82 Å². The average molecular weight is 339 g/mol. The summed E-state index contributed by atoms with van der Waals surface area (Å²) in [6.45, 7) is 3.59. The first kappa shape index (κ1) is 16.4. The Balaban J connectivity index is 2.09. The standard InChI is InChI=1S/C14H15ClN4O2S/c1-7-3-4-9(15)5-10(7)17-13(21)8(2)22-14-18-11(16)6-12(20)19-14/h3-6,8H,1-2H3,(H,17,21)(H3,16,18,19,20). The van der Waals surface area contributed by atoms with Gasteiger partial charge in [0.2, 0.25) is 5.91 Å². The monoisotopic (exact) mass is 338 g/mol. The fourth-order valence-corrected chi connectivity index (χ4v) is 2.68. The van der Waals surface area contributed by atoms with Gasteiger partial charge in [0.15, 0.2) is 5.16 Å². The predicted molar refractivity (Wildman–Crippen MR) is 89.4 cm³/mol. The second-order valence-corrected chi connectivity index (χ2v) is 6.45. The van der Waals surface area contributed by atoms with E-state index in [1.165, 1.54) is 6.07 Å². The molecule has 0 spiro atoms. The van der Waals surface area contributed by atoms with Crippen molar-refractivity contribution in [3.63, 3.8) is 0 Å². The quantitative estimate of drug-likeness (QED) is 0.587. The molecular formula is C14H15ClN4O2S. The van der Waals surface area contributed by atoms with E-state index in [9.17, 15) is 9.59 Å². The van der Waals surface area contributed by atoms with Crippen molar-refractivity contribution in [1.29, 1.82) is 0 Å². The molecule has 8 heteroatoms. The van der Waals surface area contributed by atoms with Crippen LogP contribution in [0.3, 0.4) is 0 Å². The number of H-pyrrole nitrogens is 1. The first-order chi connectivity index (χ1) is 10.3. The number of hydrogen-bond acceptors (Lipinski definition) is 5. The van der Waals surface area contributed by atoms with Crippen LogP contribution in [0.1, 0.15) is 12.5 Å². The lowest BCUT2D eigenvalue weighted by Gasteiger charge is -2.13. The highest BCUT2D eigenvalue weighted by Crippen LogP contribution is 2.23. The molecule has 0 aliphatic heterocycles. The van der Waals surface area contributed by atoms with Crippen molar-refractivity contribution in [1.82, 2.24) is 9.97 Å². The van der Waals surface area contributed by atoms with Crippen molar-refractivity contribution in [3.05, 3.63) is 45.2 Å². The SMILES string of the molecule is Cc1ccc(Cl)cc1NC(=O)C(C)Sc1nc(N)cc(=O)[nH]1. The summed E-state index contributed by atoms with van der Waals surface area (Å²) < 4.78 is 0. The number of hydrogen-bond donors (Lipinski definition) is 3. The Bertz CT molecular complexity index is 763. The van der Waals surface area contributed by atoms with Crippen LogP contribution in [0.25, 0.3) is 0 Å². The Labute approximate surface area is 136 Å². The summed E-state index contributed by atoms with van der Waals surface area (Å²) in [6.07, 6.45) is 0. The van der Waals surface area contributed by atoms with E-state index in [0.717, 1.165) is 17.3 Å². The second kappa shape index (κ2) is 6.85. The van der Waals surface area contributed by atoms with Gasteiger partial charge in [-0.1, -0.05) is 29.4 Å². The molecule has 4 N–H and O–H groups in total. The van der Waals surface area contributed by atoms with E-state index in [-0.39, 0.29) is 17.3 Å². The number of anilines is 2. The number of rotatable bonds is 4. The topological polar surface area (TPSA) is 101 Å². The fourth-order valence-electron chi connectivity index (χ4n) is 1.69. The molecule has 0 bridgehead atoms. The Hall–Kier alpha value is -1.99. The van der Waals surface area contributed by atoms with Crippen LogP contribution in [-0.4, -0.2) is 21.1 Å². The number of carbonyl (C=O) groups excluding carboxylic acids is 1. The number of carbonyl (C=O) groups is 1. The van der Waals surface area contributed by atoms with Crippen molar-refractivity contribution in [2.24, 2.45) is 0 Å². The number of aryl methyl sites for hydroxylation is 1. The largest absolute Gasteiger partial charge is 0.383 e. The molecule has 0 aliphatic rings. The maximum absolute atomic E-state index is 12.2. The second-order valence-electron chi connectivity index (χ2n) is 4.68. The minimum atomic E-state index is -0.469. The lowest BCUT2D eigenvalue weighted by molar-refractivity contribution is -0.115. The molecule has 2 rings (SSSR count). The van der Waals surface area contributed by atoms with Gasteiger partial charge in [0.25, 0.3) is 5.56 Å². The molecule has 1 atom stereocenters. The predicted octanol–water partition coefficient (Wildman–Crippen LogP) is 2.43. The number of benzene rings is 1. The molecule has 1 aromatic heterocycles. The van der Waals surface area contributed by atoms with Crippen molar-refractivity contribution < 1.29 is 4.79 Å². The van der Waals surface area contributed by atoms with Gasteiger partial charge in [0.05, 0.1) is 5.25 Å². The number of nitrogens with two attached hydrogens (primary N) is 1. The van der Waals surface area contributed by atoms with Crippen LogP contribution in [0, 0.1) is 6.92 Å². The number of thioether (sulfide) groups is 1. The van der Waals surface area contributed by atoms with Crippen LogP contribution >= 0.6 is 23.4 Å². The third kappa shape index (κ3) is 4.25. The summed E-state index contributed by atoms with van der Waals surface area (Å²) in [5, 5.41) is 3.18. The van der Waals surface area contributed by atoms with Gasteiger partial charge in [-0.3, -0.25) is 9.59 Å². The normalized spacial score (nSPS) is 12.0. The number of amides is 1. The summed E-state index contributed by atoms with van der Waals surface area (Å²) in [6, 6.07) is 6.45. The fraction of sp³-hybridized carbons (Fsp3) is 0.214. The average Bonchev–Trinajstić information content (AvgIpc) is 2.41. The Kier molecular flexibility index (Phi) is 5.10. The molecular weight excluding hydrogens is 324 g/mol. The zero-order valence-electron chi connectivity index (χ0n) is 12.0. The number of nitrogen functional groups attached to an aromatic ring is 1. The van der Waals surface area contributed by atoms with Gasteiger partial charge in [-0.15, -0.1) is 0 Å². The van der Waals surface area contributed by atoms with Crippen LogP contribution in [0.2, 0.25) is 5.02 Å². The number of aromatic nitrogens is 2. The Morgan fingerprint density at radius 1 is 1.45 bits per heavy atom. The molecule has 0 aliphatic carbocycles. The maximum atomic E-state index is 12.2. The number of nitrogens with zero attached hydrogens (tertiary/aromatic N) is 1. The summed E-state index contributed by atoms with van der Waals surface area (Å²) in [4.78, 5) is 30.1. The molecule has 2 aromatic rings. The van der Waals surface area contributed by atoms with Crippen molar-refractivity contribution in [3.8, 4) is 0 Å². The minimum absolute atomic E-state index is 0.115. The summed E-state index contributed by atoms with van der Waals surface area (Å²) in [5.74, 6) is -0.106. The Morgan fingerprint density at radius 2 is 2.18 bits per heavy atom. The van der Waals surface area contributed by atoms with E-state index < -0.39 is 5.25 Å². The van der Waals surface area contributed by atoms with Gasteiger partial charge < -0.3 is 16.0 Å². The zero-order chi connectivity index (χ0) is 16.3. The lowest BCUT2D eigenvalue weighted by atomic mass is 10.2. The van der Waals surface area contributed by atoms with E-state index >= 15 is 0 Å². The highest BCUT2D eigenvalue weighted by molar-refractivity contribution is 8.00. The molecule has 1 aromatic carbocycles. The van der Waals surface area contributed by atoms with Gasteiger partial charge in [-0.2, -0.15) is 0 Å². The highest BCUT2D eigenvalue weighted by Gasteiger charge is 2.17. The molecule has 0 saturated carbocycles.